The van der Waals surface area contributed by atoms with E-state index in [9.17, 15) is 9.18 Å². The van der Waals surface area contributed by atoms with Gasteiger partial charge in [-0.3, -0.25) is 9.20 Å². The summed E-state index contributed by atoms with van der Waals surface area (Å²) in [5, 5.41) is 16.3. The third kappa shape index (κ3) is 4.97. The molecule has 1 amide bonds. The van der Waals surface area contributed by atoms with Gasteiger partial charge in [-0.2, -0.15) is 5.10 Å². The molecule has 0 aliphatic heterocycles. The number of thioether (sulfide) groups is 1. The molecule has 0 aliphatic carbocycles. The Bertz CT molecular complexity index is 1480. The molecule has 0 saturated carbocycles. The van der Waals surface area contributed by atoms with Crippen LogP contribution < -0.4 is 10.1 Å². The van der Waals surface area contributed by atoms with Gasteiger partial charge in [0.15, 0.2) is 10.8 Å². The van der Waals surface area contributed by atoms with Crippen molar-refractivity contribution in [2.24, 2.45) is 0 Å². The number of para-hydroxylation sites is 1. The van der Waals surface area contributed by atoms with Gasteiger partial charge in [0.1, 0.15) is 17.1 Å². The van der Waals surface area contributed by atoms with E-state index in [1.54, 1.807) is 22.8 Å². The minimum atomic E-state index is -0.476. The van der Waals surface area contributed by atoms with E-state index in [1.807, 2.05) is 40.9 Å². The first kappa shape index (κ1) is 22.9. The Hall–Kier alpha value is -3.92. The van der Waals surface area contributed by atoms with Crippen molar-refractivity contribution in [3.8, 4) is 17.0 Å². The van der Waals surface area contributed by atoms with Crippen LogP contribution in [0.25, 0.3) is 22.4 Å². The molecule has 0 fully saturated rings. The largest absolute Gasteiger partial charge is 0.494 e. The average Bonchev–Trinajstić information content (AvgIpc) is 3.49. The molecule has 2 aromatic carbocycles. The van der Waals surface area contributed by atoms with Crippen molar-refractivity contribution in [3.05, 3.63) is 72.8 Å². The first-order chi connectivity index (χ1) is 17.1. The molecule has 1 N–H and O–H groups in total. The molecule has 0 spiro atoms. The van der Waals surface area contributed by atoms with Gasteiger partial charge in [0.25, 0.3) is 0 Å². The lowest BCUT2D eigenvalue weighted by Gasteiger charge is -2.05. The highest BCUT2D eigenvalue weighted by Crippen LogP contribution is 2.26. The molecule has 5 rings (SSSR count). The number of benzene rings is 2. The first-order valence-corrected chi connectivity index (χ1v) is 12.2. The summed E-state index contributed by atoms with van der Waals surface area (Å²) in [6.45, 7) is 2.84. The molecule has 0 atom stereocenters. The van der Waals surface area contributed by atoms with E-state index >= 15 is 0 Å². The van der Waals surface area contributed by atoms with Crippen molar-refractivity contribution in [2.45, 2.75) is 24.9 Å². The smallest absolute Gasteiger partial charge is 0.234 e. The summed E-state index contributed by atoms with van der Waals surface area (Å²) < 4.78 is 23.1. The fourth-order valence-electron chi connectivity index (χ4n) is 3.57. The molecule has 8 nitrogen and oxygen atoms in total. The molecule has 0 saturated heterocycles. The van der Waals surface area contributed by atoms with Gasteiger partial charge in [-0.15, -0.1) is 10.2 Å². The van der Waals surface area contributed by atoms with Crippen molar-refractivity contribution in [1.29, 1.82) is 0 Å². The number of fused-ring (bicyclic) bond motifs is 3. The number of anilines is 1. The van der Waals surface area contributed by atoms with Gasteiger partial charge < -0.3 is 10.1 Å². The summed E-state index contributed by atoms with van der Waals surface area (Å²) in [6, 6.07) is 15.9. The molecule has 5 aromatic rings. The SMILES string of the molecule is CCCCOc1ccc(-c2cc3c4nnc(SCC(=O)Nc5ccccc5F)n4ccn3n2)cc1. The summed E-state index contributed by atoms with van der Waals surface area (Å²) in [5.74, 6) is 0.104. The van der Waals surface area contributed by atoms with Crippen LogP contribution in [0, 0.1) is 5.82 Å². The van der Waals surface area contributed by atoms with Crippen molar-refractivity contribution in [2.75, 3.05) is 17.7 Å². The number of amides is 1. The van der Waals surface area contributed by atoms with Crippen LogP contribution >= 0.6 is 11.8 Å². The Morgan fingerprint density at radius 3 is 2.74 bits per heavy atom. The van der Waals surface area contributed by atoms with Crippen LogP contribution in [0.3, 0.4) is 0 Å². The predicted octanol–water partition coefficient (Wildman–Crippen LogP) is 5.09. The molecule has 10 heteroatoms. The van der Waals surface area contributed by atoms with Crippen molar-refractivity contribution in [3.63, 3.8) is 0 Å². The second kappa shape index (κ2) is 10.1. The topological polar surface area (TPSA) is 85.8 Å². The van der Waals surface area contributed by atoms with Crippen molar-refractivity contribution in [1.82, 2.24) is 24.2 Å². The van der Waals surface area contributed by atoms with Gasteiger partial charge in [0.2, 0.25) is 5.91 Å². The number of halogens is 1. The summed E-state index contributed by atoms with van der Waals surface area (Å²) in [4.78, 5) is 12.3. The molecule has 178 valence electrons. The average molecular weight is 491 g/mol. The quantitative estimate of drug-likeness (QED) is 0.229. The fourth-order valence-corrected chi connectivity index (χ4v) is 4.28. The highest BCUT2D eigenvalue weighted by molar-refractivity contribution is 7.99. The summed E-state index contributed by atoms with van der Waals surface area (Å²) in [7, 11) is 0. The molecule has 35 heavy (non-hydrogen) atoms. The maximum absolute atomic E-state index is 13.8. The van der Waals surface area contributed by atoms with Crippen molar-refractivity contribution >= 4 is 34.5 Å². The number of unbranched alkanes of at least 4 members (excludes halogenated alkanes) is 1. The second-order valence-corrected chi connectivity index (χ2v) is 8.82. The number of carbonyl (C=O) groups excluding carboxylic acids is 1. The Labute approximate surface area is 205 Å². The van der Waals surface area contributed by atoms with Crippen molar-refractivity contribution < 1.29 is 13.9 Å². The number of nitrogens with zero attached hydrogens (tertiary/aromatic N) is 5. The van der Waals surface area contributed by atoms with Gasteiger partial charge in [-0.05, 0) is 48.9 Å². The normalized spacial score (nSPS) is 11.3. The number of nitrogens with one attached hydrogen (secondary N) is 1. The lowest BCUT2D eigenvalue weighted by molar-refractivity contribution is -0.113. The number of ether oxygens (including phenoxy) is 1. The van der Waals surface area contributed by atoms with Crippen LogP contribution in [0.1, 0.15) is 19.8 Å². The lowest BCUT2D eigenvalue weighted by Crippen LogP contribution is -2.15. The lowest BCUT2D eigenvalue weighted by atomic mass is 10.1. The van der Waals surface area contributed by atoms with Crippen LogP contribution in [0.4, 0.5) is 10.1 Å². The van der Waals surface area contributed by atoms with Crippen LogP contribution in [0.15, 0.2) is 72.1 Å². The summed E-state index contributed by atoms with van der Waals surface area (Å²) in [6.07, 6.45) is 5.75. The van der Waals surface area contributed by atoms with Crippen LogP contribution in [-0.2, 0) is 4.79 Å². The number of hydrogen-bond acceptors (Lipinski definition) is 6. The Balaban J connectivity index is 1.31. The van der Waals surface area contributed by atoms with Crippen LogP contribution in [0.2, 0.25) is 0 Å². The standard InChI is InChI=1S/C25H23FN6O2S/c1-2-3-14-34-18-10-8-17(9-11-18)21-15-22-24-28-29-25(31(24)12-13-32(22)30-21)35-16-23(33)27-20-7-5-4-6-19(20)26/h4-13,15H,2-3,14,16H2,1H3,(H,27,33). The molecule has 0 unspecified atom stereocenters. The van der Waals surface area contributed by atoms with E-state index in [0.717, 1.165) is 35.4 Å². The first-order valence-electron chi connectivity index (χ1n) is 11.3. The van der Waals surface area contributed by atoms with E-state index in [0.29, 0.717) is 17.4 Å². The molecular formula is C25H23FN6O2S. The Morgan fingerprint density at radius 1 is 1.11 bits per heavy atom. The third-order valence-electron chi connectivity index (χ3n) is 5.38. The van der Waals surface area contributed by atoms with Gasteiger partial charge in [0.05, 0.1) is 23.7 Å². The number of rotatable bonds is 9. The van der Waals surface area contributed by atoms with Gasteiger partial charge in [0, 0.05) is 18.0 Å². The minimum Gasteiger partial charge on any atom is -0.494 e. The van der Waals surface area contributed by atoms with Gasteiger partial charge in [-0.25, -0.2) is 8.91 Å². The van der Waals surface area contributed by atoms with Gasteiger partial charge >= 0.3 is 0 Å². The summed E-state index contributed by atoms with van der Waals surface area (Å²) in [5.41, 5.74) is 3.34. The number of aromatic nitrogens is 5. The molecular weight excluding hydrogens is 467 g/mol. The zero-order valence-corrected chi connectivity index (χ0v) is 19.8. The number of hydrogen-bond donors (Lipinski definition) is 1. The van der Waals surface area contributed by atoms with E-state index in [1.165, 1.54) is 23.9 Å². The van der Waals surface area contributed by atoms with E-state index in [4.69, 9.17) is 4.74 Å². The monoisotopic (exact) mass is 490 g/mol. The zero-order valence-electron chi connectivity index (χ0n) is 19.0. The van der Waals surface area contributed by atoms with Gasteiger partial charge in [-0.1, -0.05) is 37.2 Å². The summed E-state index contributed by atoms with van der Waals surface area (Å²) >= 11 is 1.22. The minimum absolute atomic E-state index is 0.0670. The maximum atomic E-state index is 13.8. The predicted molar refractivity (Wildman–Crippen MR) is 133 cm³/mol. The highest BCUT2D eigenvalue weighted by atomic mass is 32.2. The fraction of sp³-hybridized carbons (Fsp3) is 0.200. The molecule has 0 radical (unpaired) electrons. The molecule has 3 aromatic heterocycles. The second-order valence-electron chi connectivity index (χ2n) is 7.88. The van der Waals surface area contributed by atoms with E-state index in [2.05, 4.69) is 27.5 Å². The Morgan fingerprint density at radius 2 is 1.94 bits per heavy atom. The zero-order chi connectivity index (χ0) is 24.2. The maximum Gasteiger partial charge on any atom is 0.234 e. The molecule has 0 aliphatic rings. The van der Waals surface area contributed by atoms with E-state index in [-0.39, 0.29) is 17.3 Å². The third-order valence-corrected chi connectivity index (χ3v) is 6.33. The molecule has 0 bridgehead atoms. The van der Waals surface area contributed by atoms with E-state index < -0.39 is 5.82 Å². The Kier molecular flexibility index (Phi) is 6.62. The van der Waals surface area contributed by atoms with Crippen LogP contribution in [-0.4, -0.2) is 42.5 Å². The number of carbonyl (C=O) groups is 1. The highest BCUT2D eigenvalue weighted by Gasteiger charge is 2.15. The van der Waals surface area contributed by atoms with Crippen LogP contribution in [0.5, 0.6) is 5.75 Å². The molecule has 3 heterocycles.